The zero-order valence-corrected chi connectivity index (χ0v) is 16.4. The first-order chi connectivity index (χ1) is 13.4. The van der Waals surface area contributed by atoms with Gasteiger partial charge in [0.1, 0.15) is 16.3 Å². The highest BCUT2D eigenvalue weighted by Gasteiger charge is 2.17. The van der Waals surface area contributed by atoms with Crippen LogP contribution in [0.3, 0.4) is 0 Å². The van der Waals surface area contributed by atoms with Gasteiger partial charge in [-0.3, -0.25) is 9.59 Å². The summed E-state index contributed by atoms with van der Waals surface area (Å²) < 4.78 is 10.3. The molecule has 0 spiro atoms. The van der Waals surface area contributed by atoms with Crippen molar-refractivity contribution in [3.8, 4) is 11.5 Å². The molecule has 0 saturated carbocycles. The predicted octanol–water partition coefficient (Wildman–Crippen LogP) is 2.43. The van der Waals surface area contributed by atoms with Crippen LogP contribution in [-0.4, -0.2) is 46.9 Å². The lowest BCUT2D eigenvalue weighted by Crippen LogP contribution is -2.16. The summed E-state index contributed by atoms with van der Waals surface area (Å²) in [6.45, 7) is 0. The van der Waals surface area contributed by atoms with Crippen molar-refractivity contribution in [1.29, 1.82) is 0 Å². The molecule has 11 heteroatoms. The Morgan fingerprint density at radius 3 is 2.79 bits per heavy atom. The molecule has 0 bridgehead atoms. The first kappa shape index (κ1) is 19.7. The highest BCUT2D eigenvalue weighted by Crippen LogP contribution is 2.29. The van der Waals surface area contributed by atoms with Crippen molar-refractivity contribution >= 4 is 50.9 Å². The molecular weight excluding hydrogens is 406 g/mol. The number of aromatic carboxylic acids is 1. The van der Waals surface area contributed by atoms with E-state index in [1.165, 1.54) is 19.6 Å². The number of nitrogens with one attached hydrogen (secondary N) is 2. The molecule has 28 heavy (non-hydrogen) atoms. The average Bonchev–Trinajstić information content (AvgIpc) is 3.11. The minimum atomic E-state index is -1.19. The zero-order chi connectivity index (χ0) is 20.3. The molecule has 0 aliphatic carbocycles. The molecule has 0 aliphatic rings. The number of carboxylic acids is 1. The number of carbonyl (C=O) groups excluding carboxylic acids is 1. The van der Waals surface area contributed by atoms with Crippen LogP contribution in [0, 0.1) is 0 Å². The second kappa shape index (κ2) is 8.31. The van der Waals surface area contributed by atoms with E-state index < -0.39 is 11.5 Å². The first-order valence-electron chi connectivity index (χ1n) is 7.82. The molecule has 2 heterocycles. The second-order valence-corrected chi connectivity index (χ2v) is 7.23. The minimum absolute atomic E-state index is 0.0131. The SMILES string of the molecule is COc1ccc(NC(=O)CSc2nc3scc(C(=O)O)c3c(=O)[nH]2)c(OC)c1. The maximum Gasteiger partial charge on any atom is 0.337 e. The van der Waals surface area contributed by atoms with Gasteiger partial charge in [-0.1, -0.05) is 11.8 Å². The topological polar surface area (TPSA) is 131 Å². The average molecular weight is 421 g/mol. The number of anilines is 1. The molecule has 0 aliphatic heterocycles. The second-order valence-electron chi connectivity index (χ2n) is 5.41. The minimum Gasteiger partial charge on any atom is -0.497 e. The summed E-state index contributed by atoms with van der Waals surface area (Å²) in [6, 6.07) is 4.99. The quantitative estimate of drug-likeness (QED) is 0.392. The van der Waals surface area contributed by atoms with E-state index in [-0.39, 0.29) is 27.8 Å². The van der Waals surface area contributed by atoms with Crippen LogP contribution in [0.5, 0.6) is 11.5 Å². The fourth-order valence-electron chi connectivity index (χ4n) is 2.38. The van der Waals surface area contributed by atoms with E-state index in [1.807, 2.05) is 0 Å². The van der Waals surface area contributed by atoms with Crippen LogP contribution in [0.15, 0.2) is 33.5 Å². The van der Waals surface area contributed by atoms with Crippen molar-refractivity contribution in [1.82, 2.24) is 9.97 Å². The number of thiophene rings is 1. The molecule has 0 atom stereocenters. The first-order valence-corrected chi connectivity index (χ1v) is 9.69. The summed E-state index contributed by atoms with van der Waals surface area (Å²) in [5.74, 6) is -0.484. The van der Waals surface area contributed by atoms with Crippen molar-refractivity contribution < 1.29 is 24.2 Å². The number of fused-ring (bicyclic) bond motifs is 1. The molecule has 2 aromatic heterocycles. The highest BCUT2D eigenvalue weighted by atomic mass is 32.2. The van der Waals surface area contributed by atoms with Crippen molar-refractivity contribution in [2.24, 2.45) is 0 Å². The van der Waals surface area contributed by atoms with Gasteiger partial charge in [0.15, 0.2) is 5.16 Å². The molecule has 9 nitrogen and oxygen atoms in total. The highest BCUT2D eigenvalue weighted by molar-refractivity contribution is 7.99. The number of methoxy groups -OCH3 is 2. The van der Waals surface area contributed by atoms with E-state index in [2.05, 4.69) is 15.3 Å². The largest absolute Gasteiger partial charge is 0.497 e. The van der Waals surface area contributed by atoms with Crippen molar-refractivity contribution in [2.45, 2.75) is 5.16 Å². The van der Waals surface area contributed by atoms with E-state index in [0.29, 0.717) is 22.0 Å². The van der Waals surface area contributed by atoms with E-state index >= 15 is 0 Å². The Morgan fingerprint density at radius 1 is 1.32 bits per heavy atom. The van der Waals surface area contributed by atoms with Gasteiger partial charge in [-0.25, -0.2) is 9.78 Å². The summed E-state index contributed by atoms with van der Waals surface area (Å²) in [7, 11) is 3.01. The number of aromatic amines is 1. The summed E-state index contributed by atoms with van der Waals surface area (Å²) in [4.78, 5) is 42.6. The maximum absolute atomic E-state index is 12.2. The van der Waals surface area contributed by atoms with Gasteiger partial charge >= 0.3 is 5.97 Å². The number of H-pyrrole nitrogens is 1. The van der Waals surface area contributed by atoms with Crippen LogP contribution in [-0.2, 0) is 4.79 Å². The lowest BCUT2D eigenvalue weighted by atomic mass is 10.2. The van der Waals surface area contributed by atoms with Gasteiger partial charge in [-0.2, -0.15) is 0 Å². The molecule has 0 unspecified atom stereocenters. The number of thioether (sulfide) groups is 1. The third-order valence-corrected chi connectivity index (χ3v) is 5.42. The Labute approximate surface area is 166 Å². The van der Waals surface area contributed by atoms with Gasteiger partial charge in [0, 0.05) is 11.4 Å². The predicted molar refractivity (Wildman–Crippen MR) is 106 cm³/mol. The molecule has 3 rings (SSSR count). The molecule has 3 aromatic rings. The molecule has 3 N–H and O–H groups in total. The lowest BCUT2D eigenvalue weighted by molar-refractivity contribution is -0.113. The lowest BCUT2D eigenvalue weighted by Gasteiger charge is -2.11. The molecule has 146 valence electrons. The van der Waals surface area contributed by atoms with E-state index in [0.717, 1.165) is 23.1 Å². The summed E-state index contributed by atoms with van der Waals surface area (Å²) in [5.41, 5.74) is -0.159. The summed E-state index contributed by atoms with van der Waals surface area (Å²) >= 11 is 2.09. The summed E-state index contributed by atoms with van der Waals surface area (Å²) in [5, 5.41) is 13.5. The van der Waals surface area contributed by atoms with Gasteiger partial charge in [0.2, 0.25) is 5.91 Å². The van der Waals surface area contributed by atoms with E-state index in [1.54, 1.807) is 18.2 Å². The Balaban J connectivity index is 1.71. The Morgan fingerprint density at radius 2 is 2.11 bits per heavy atom. The number of amides is 1. The van der Waals surface area contributed by atoms with E-state index in [9.17, 15) is 14.4 Å². The molecular formula is C17H15N3O6S2. The number of aromatic nitrogens is 2. The summed E-state index contributed by atoms with van der Waals surface area (Å²) in [6.07, 6.45) is 0. The van der Waals surface area contributed by atoms with Crippen LogP contribution >= 0.6 is 23.1 Å². The fraction of sp³-hybridized carbons (Fsp3) is 0.176. The van der Waals surface area contributed by atoms with Gasteiger partial charge in [-0.15, -0.1) is 11.3 Å². The molecule has 0 saturated heterocycles. The van der Waals surface area contributed by atoms with Gasteiger partial charge in [-0.05, 0) is 12.1 Å². The van der Waals surface area contributed by atoms with Crippen LogP contribution in [0.4, 0.5) is 5.69 Å². The number of carboxylic acid groups (broad SMARTS) is 1. The standard InChI is InChI=1S/C17H15N3O6S2/c1-25-8-3-4-10(11(5-8)26-2)18-12(21)7-28-17-19-14(22)13-9(16(23)24)6-27-15(13)20-17/h3-6H,7H2,1-2H3,(H,18,21)(H,23,24)(H,19,20,22). The fourth-order valence-corrected chi connectivity index (χ4v) is 4.01. The zero-order valence-electron chi connectivity index (χ0n) is 14.8. The van der Waals surface area contributed by atoms with Gasteiger partial charge in [0.25, 0.3) is 5.56 Å². The number of benzene rings is 1. The molecule has 1 aromatic carbocycles. The monoisotopic (exact) mass is 421 g/mol. The Hall–Kier alpha value is -3.05. The number of rotatable bonds is 7. The van der Waals surface area contributed by atoms with Crippen LogP contribution in [0.1, 0.15) is 10.4 Å². The molecule has 1 amide bonds. The third-order valence-electron chi connectivity index (χ3n) is 3.68. The Bertz CT molecular complexity index is 1110. The number of ether oxygens (including phenoxy) is 2. The Kier molecular flexibility index (Phi) is 5.85. The van der Waals surface area contributed by atoms with Crippen LogP contribution in [0.25, 0.3) is 10.2 Å². The third kappa shape index (κ3) is 4.10. The van der Waals surface area contributed by atoms with Crippen LogP contribution < -0.4 is 20.3 Å². The maximum atomic E-state index is 12.2. The number of carbonyl (C=O) groups is 2. The van der Waals surface area contributed by atoms with Crippen molar-refractivity contribution in [3.05, 3.63) is 39.5 Å². The number of hydrogen-bond acceptors (Lipinski definition) is 8. The molecule has 0 radical (unpaired) electrons. The van der Waals surface area contributed by atoms with Crippen molar-refractivity contribution in [3.63, 3.8) is 0 Å². The smallest absolute Gasteiger partial charge is 0.337 e. The van der Waals surface area contributed by atoms with Gasteiger partial charge in [0.05, 0.1) is 36.6 Å². The number of hydrogen-bond donors (Lipinski definition) is 3. The van der Waals surface area contributed by atoms with Crippen molar-refractivity contribution in [2.75, 3.05) is 25.3 Å². The normalized spacial score (nSPS) is 10.6. The molecule has 0 fully saturated rings. The van der Waals surface area contributed by atoms with Crippen LogP contribution in [0.2, 0.25) is 0 Å². The van der Waals surface area contributed by atoms with E-state index in [4.69, 9.17) is 14.6 Å². The number of nitrogens with zero attached hydrogens (tertiary/aromatic N) is 1. The van der Waals surface area contributed by atoms with Gasteiger partial charge < -0.3 is 24.9 Å².